The molecular formula is C11H15ClFNO3S. The van der Waals surface area contributed by atoms with E-state index in [1.807, 2.05) is 0 Å². The maximum absolute atomic E-state index is 13.0. The van der Waals surface area contributed by atoms with Crippen LogP contribution in [-0.4, -0.2) is 25.7 Å². The van der Waals surface area contributed by atoms with E-state index < -0.39 is 21.4 Å². The summed E-state index contributed by atoms with van der Waals surface area (Å²) in [5.41, 5.74) is -1.16. The molecule has 2 N–H and O–H groups in total. The number of aliphatic hydroxyl groups is 1. The molecule has 1 rings (SSSR count). The first-order valence-corrected chi connectivity index (χ1v) is 7.21. The fourth-order valence-electron chi connectivity index (χ4n) is 1.14. The fraction of sp³-hybridized carbons (Fsp3) is 0.455. The van der Waals surface area contributed by atoms with Gasteiger partial charge >= 0.3 is 0 Å². The van der Waals surface area contributed by atoms with Gasteiger partial charge in [-0.2, -0.15) is 0 Å². The van der Waals surface area contributed by atoms with Gasteiger partial charge in [-0.3, -0.25) is 0 Å². The molecule has 1 aromatic carbocycles. The molecule has 1 aromatic rings. The number of hydrogen-bond donors (Lipinski definition) is 2. The van der Waals surface area contributed by atoms with E-state index in [2.05, 4.69) is 4.72 Å². The van der Waals surface area contributed by atoms with Gasteiger partial charge in [0.1, 0.15) is 10.7 Å². The van der Waals surface area contributed by atoms with Crippen molar-refractivity contribution < 1.29 is 17.9 Å². The summed E-state index contributed by atoms with van der Waals surface area (Å²) in [6, 6.07) is 3.08. The Bertz CT molecular complexity index is 531. The monoisotopic (exact) mass is 295 g/mol. The molecule has 0 radical (unpaired) electrons. The lowest BCUT2D eigenvalue weighted by molar-refractivity contribution is 0.0613. The highest BCUT2D eigenvalue weighted by Gasteiger charge is 2.24. The zero-order valence-electron chi connectivity index (χ0n) is 10.1. The van der Waals surface area contributed by atoms with Gasteiger partial charge in [0.05, 0.1) is 10.6 Å². The van der Waals surface area contributed by atoms with Crippen LogP contribution in [0.25, 0.3) is 0 Å². The summed E-state index contributed by atoms with van der Waals surface area (Å²) in [4.78, 5) is -0.337. The quantitative estimate of drug-likeness (QED) is 0.872. The summed E-state index contributed by atoms with van der Waals surface area (Å²) in [6.07, 6.45) is 0.381. The van der Waals surface area contributed by atoms with Crippen molar-refractivity contribution in [2.45, 2.75) is 30.8 Å². The average molecular weight is 296 g/mol. The SMILES string of the molecule is CCC(C)(O)CNS(=O)(=O)c1cc(F)ccc1Cl. The lowest BCUT2D eigenvalue weighted by Crippen LogP contribution is -2.40. The molecule has 102 valence electrons. The second-order valence-corrected chi connectivity index (χ2v) is 6.39. The number of rotatable bonds is 5. The van der Waals surface area contributed by atoms with Crippen LogP contribution in [0.1, 0.15) is 20.3 Å². The smallest absolute Gasteiger partial charge is 0.242 e. The summed E-state index contributed by atoms with van der Waals surface area (Å²) in [5, 5.41) is 9.65. The molecule has 0 heterocycles. The molecule has 0 aromatic heterocycles. The van der Waals surface area contributed by atoms with Crippen molar-refractivity contribution in [3.8, 4) is 0 Å². The Hall–Kier alpha value is -0.690. The predicted octanol–water partition coefficient (Wildman–Crippen LogP) is 1.92. The normalized spacial score (nSPS) is 15.4. The van der Waals surface area contributed by atoms with Crippen LogP contribution in [0.4, 0.5) is 4.39 Å². The molecule has 0 fully saturated rings. The first kappa shape index (κ1) is 15.4. The maximum Gasteiger partial charge on any atom is 0.242 e. The van der Waals surface area contributed by atoms with Crippen LogP contribution < -0.4 is 4.72 Å². The molecule has 0 aliphatic carbocycles. The zero-order valence-corrected chi connectivity index (χ0v) is 11.6. The van der Waals surface area contributed by atoms with Gasteiger partial charge < -0.3 is 5.11 Å². The van der Waals surface area contributed by atoms with Gasteiger partial charge in [-0.05, 0) is 31.5 Å². The minimum atomic E-state index is -3.94. The minimum absolute atomic E-state index is 0.0694. The van der Waals surface area contributed by atoms with Gasteiger partial charge in [-0.15, -0.1) is 0 Å². The Morgan fingerprint density at radius 2 is 2.11 bits per heavy atom. The van der Waals surface area contributed by atoms with Crippen LogP contribution in [0.3, 0.4) is 0 Å². The minimum Gasteiger partial charge on any atom is -0.389 e. The molecule has 4 nitrogen and oxygen atoms in total. The van der Waals surface area contributed by atoms with Crippen molar-refractivity contribution in [2.24, 2.45) is 0 Å². The molecule has 0 amide bonds. The van der Waals surface area contributed by atoms with Crippen LogP contribution in [0.5, 0.6) is 0 Å². The Morgan fingerprint density at radius 3 is 2.67 bits per heavy atom. The molecule has 0 aliphatic rings. The van der Waals surface area contributed by atoms with Crippen molar-refractivity contribution in [2.75, 3.05) is 6.54 Å². The van der Waals surface area contributed by atoms with E-state index in [0.717, 1.165) is 12.1 Å². The lowest BCUT2D eigenvalue weighted by Gasteiger charge is -2.21. The Morgan fingerprint density at radius 1 is 1.50 bits per heavy atom. The molecule has 1 unspecified atom stereocenters. The summed E-state index contributed by atoms with van der Waals surface area (Å²) in [6.45, 7) is 3.06. The van der Waals surface area contributed by atoms with Crippen LogP contribution in [0.15, 0.2) is 23.1 Å². The molecule has 0 saturated carbocycles. The Balaban J connectivity index is 2.97. The van der Waals surface area contributed by atoms with Crippen molar-refractivity contribution in [1.82, 2.24) is 4.72 Å². The van der Waals surface area contributed by atoms with Gasteiger partial charge in [0.2, 0.25) is 10.0 Å². The Labute approximate surface area is 111 Å². The van der Waals surface area contributed by atoms with Crippen molar-refractivity contribution >= 4 is 21.6 Å². The van der Waals surface area contributed by atoms with E-state index in [-0.39, 0.29) is 16.5 Å². The molecule has 0 spiro atoms. The fourth-order valence-corrected chi connectivity index (χ4v) is 2.81. The topological polar surface area (TPSA) is 66.4 Å². The maximum atomic E-state index is 13.0. The number of sulfonamides is 1. The third kappa shape index (κ3) is 3.91. The second-order valence-electron chi connectivity index (χ2n) is 4.25. The standard InChI is InChI=1S/C11H15ClFNO3S/c1-3-11(2,15)7-14-18(16,17)10-6-8(13)4-5-9(10)12/h4-6,14-15H,3,7H2,1-2H3. The van der Waals surface area contributed by atoms with E-state index in [1.165, 1.54) is 13.0 Å². The predicted molar refractivity (Wildman–Crippen MR) is 67.5 cm³/mol. The summed E-state index contributed by atoms with van der Waals surface area (Å²) < 4.78 is 39.0. The second kappa shape index (κ2) is 5.52. The molecular weight excluding hydrogens is 281 g/mol. The summed E-state index contributed by atoms with van der Waals surface area (Å²) >= 11 is 5.72. The van der Waals surface area contributed by atoms with Gasteiger partial charge in [0, 0.05) is 6.54 Å². The first-order chi connectivity index (χ1) is 8.18. The number of nitrogens with one attached hydrogen (secondary N) is 1. The highest BCUT2D eigenvalue weighted by atomic mass is 35.5. The number of hydrogen-bond acceptors (Lipinski definition) is 3. The molecule has 18 heavy (non-hydrogen) atoms. The van der Waals surface area contributed by atoms with E-state index in [9.17, 15) is 17.9 Å². The van der Waals surface area contributed by atoms with Crippen LogP contribution in [-0.2, 0) is 10.0 Å². The van der Waals surface area contributed by atoms with Crippen molar-refractivity contribution in [1.29, 1.82) is 0 Å². The zero-order chi connectivity index (χ0) is 14.0. The molecule has 0 aliphatic heterocycles. The molecule has 0 bridgehead atoms. The molecule has 1 atom stereocenters. The first-order valence-electron chi connectivity index (χ1n) is 5.35. The van der Waals surface area contributed by atoms with Crippen LogP contribution >= 0.6 is 11.6 Å². The largest absolute Gasteiger partial charge is 0.389 e. The number of benzene rings is 1. The van der Waals surface area contributed by atoms with Crippen LogP contribution in [0, 0.1) is 5.82 Å². The Kier molecular flexibility index (Phi) is 4.72. The lowest BCUT2D eigenvalue weighted by atomic mass is 10.1. The highest BCUT2D eigenvalue weighted by molar-refractivity contribution is 7.89. The van der Waals surface area contributed by atoms with Gasteiger partial charge in [-0.1, -0.05) is 18.5 Å². The van der Waals surface area contributed by atoms with Gasteiger partial charge in [0.15, 0.2) is 0 Å². The third-order valence-corrected chi connectivity index (χ3v) is 4.47. The summed E-state index contributed by atoms with van der Waals surface area (Å²) in [7, 11) is -3.94. The van der Waals surface area contributed by atoms with E-state index in [0.29, 0.717) is 6.42 Å². The number of halogens is 2. The van der Waals surface area contributed by atoms with E-state index in [1.54, 1.807) is 6.92 Å². The van der Waals surface area contributed by atoms with Crippen molar-refractivity contribution in [3.05, 3.63) is 29.0 Å². The van der Waals surface area contributed by atoms with Gasteiger partial charge in [0.25, 0.3) is 0 Å². The molecule has 0 saturated heterocycles. The van der Waals surface area contributed by atoms with E-state index in [4.69, 9.17) is 11.6 Å². The highest BCUT2D eigenvalue weighted by Crippen LogP contribution is 2.22. The average Bonchev–Trinajstić information content (AvgIpc) is 2.30. The third-order valence-electron chi connectivity index (χ3n) is 2.59. The molecule has 7 heteroatoms. The van der Waals surface area contributed by atoms with Crippen LogP contribution in [0.2, 0.25) is 5.02 Å². The van der Waals surface area contributed by atoms with E-state index >= 15 is 0 Å². The summed E-state index contributed by atoms with van der Waals surface area (Å²) in [5.74, 6) is -0.693. The van der Waals surface area contributed by atoms with Crippen molar-refractivity contribution in [3.63, 3.8) is 0 Å². The van der Waals surface area contributed by atoms with Gasteiger partial charge in [-0.25, -0.2) is 17.5 Å².